The van der Waals surface area contributed by atoms with E-state index in [4.69, 9.17) is 11.0 Å². The second-order valence-electron chi connectivity index (χ2n) is 4.32. The van der Waals surface area contributed by atoms with Gasteiger partial charge in [0.05, 0.1) is 10.5 Å². The molecule has 2 aromatic rings. The summed E-state index contributed by atoms with van der Waals surface area (Å²) in [6.07, 6.45) is 0. The SMILES string of the molecule is N#Cc1cc(N)ccc1S(=O)(=O)NCc1cccc(F)c1. The third-order valence-corrected chi connectivity index (χ3v) is 4.23. The summed E-state index contributed by atoms with van der Waals surface area (Å²) in [5, 5.41) is 8.98. The van der Waals surface area contributed by atoms with Gasteiger partial charge >= 0.3 is 0 Å². The Balaban J connectivity index is 2.25. The Labute approximate surface area is 121 Å². The first-order valence-electron chi connectivity index (χ1n) is 5.96. The van der Waals surface area contributed by atoms with Crippen LogP contribution in [0.1, 0.15) is 11.1 Å². The molecule has 3 N–H and O–H groups in total. The Bertz CT molecular complexity index is 813. The van der Waals surface area contributed by atoms with Crippen molar-refractivity contribution in [3.63, 3.8) is 0 Å². The van der Waals surface area contributed by atoms with Crippen molar-refractivity contribution in [1.29, 1.82) is 5.26 Å². The summed E-state index contributed by atoms with van der Waals surface area (Å²) in [5.41, 5.74) is 6.26. The van der Waals surface area contributed by atoms with Crippen LogP contribution in [0.4, 0.5) is 10.1 Å². The molecule has 0 radical (unpaired) electrons. The zero-order valence-corrected chi connectivity index (χ0v) is 11.7. The van der Waals surface area contributed by atoms with Crippen LogP contribution >= 0.6 is 0 Å². The molecule has 0 atom stereocenters. The van der Waals surface area contributed by atoms with Crippen molar-refractivity contribution in [2.75, 3.05) is 5.73 Å². The lowest BCUT2D eigenvalue weighted by molar-refractivity contribution is 0.580. The predicted octanol–water partition coefficient (Wildman–Crippen LogP) is 1.76. The third kappa shape index (κ3) is 3.56. The fourth-order valence-electron chi connectivity index (χ4n) is 1.77. The molecule has 0 aliphatic heterocycles. The molecule has 21 heavy (non-hydrogen) atoms. The topological polar surface area (TPSA) is 96.0 Å². The Morgan fingerprint density at radius 1 is 1.24 bits per heavy atom. The molecule has 0 saturated heterocycles. The first-order valence-corrected chi connectivity index (χ1v) is 7.44. The average Bonchev–Trinajstić information content (AvgIpc) is 2.45. The van der Waals surface area contributed by atoms with Crippen molar-refractivity contribution in [1.82, 2.24) is 4.72 Å². The highest BCUT2D eigenvalue weighted by Gasteiger charge is 2.18. The molecular formula is C14H12FN3O2S. The van der Waals surface area contributed by atoms with Crippen LogP contribution in [0.2, 0.25) is 0 Å². The number of hydrogen-bond donors (Lipinski definition) is 2. The molecule has 7 heteroatoms. The van der Waals surface area contributed by atoms with Gasteiger partial charge in [-0.15, -0.1) is 0 Å². The smallest absolute Gasteiger partial charge is 0.242 e. The number of hydrogen-bond acceptors (Lipinski definition) is 4. The minimum absolute atomic E-state index is 0.0401. The first kappa shape index (κ1) is 15.0. The molecule has 0 aromatic heterocycles. The lowest BCUT2D eigenvalue weighted by atomic mass is 10.2. The van der Waals surface area contributed by atoms with Crippen LogP contribution in [0.25, 0.3) is 0 Å². The lowest BCUT2D eigenvalue weighted by Crippen LogP contribution is -2.24. The molecule has 0 aliphatic carbocycles. The van der Waals surface area contributed by atoms with Crippen LogP contribution in [0, 0.1) is 17.1 Å². The van der Waals surface area contributed by atoms with Crippen molar-refractivity contribution in [3.8, 4) is 6.07 Å². The van der Waals surface area contributed by atoms with E-state index in [2.05, 4.69) is 4.72 Å². The summed E-state index contributed by atoms with van der Waals surface area (Å²) >= 11 is 0. The quantitative estimate of drug-likeness (QED) is 0.841. The Morgan fingerprint density at radius 3 is 2.67 bits per heavy atom. The summed E-state index contributed by atoms with van der Waals surface area (Å²) in [6.45, 7) is -0.0741. The molecule has 0 bridgehead atoms. The number of rotatable bonds is 4. The predicted molar refractivity (Wildman–Crippen MR) is 76.0 cm³/mol. The lowest BCUT2D eigenvalue weighted by Gasteiger charge is -2.09. The fraction of sp³-hybridized carbons (Fsp3) is 0.0714. The number of anilines is 1. The van der Waals surface area contributed by atoms with Gasteiger partial charge in [0, 0.05) is 12.2 Å². The van der Waals surface area contributed by atoms with E-state index in [0.29, 0.717) is 11.3 Å². The van der Waals surface area contributed by atoms with Gasteiger partial charge in [0.25, 0.3) is 0 Å². The fourth-order valence-corrected chi connectivity index (χ4v) is 2.93. The summed E-state index contributed by atoms with van der Waals surface area (Å²) in [7, 11) is -3.88. The van der Waals surface area contributed by atoms with E-state index >= 15 is 0 Å². The first-order chi connectivity index (χ1) is 9.92. The molecule has 0 fully saturated rings. The Hall–Kier alpha value is -2.43. The molecular weight excluding hydrogens is 293 g/mol. The minimum atomic E-state index is -3.88. The van der Waals surface area contributed by atoms with Gasteiger partial charge in [-0.3, -0.25) is 0 Å². The number of nitrogens with one attached hydrogen (secondary N) is 1. The molecule has 5 nitrogen and oxygen atoms in total. The van der Waals surface area contributed by atoms with Gasteiger partial charge in [-0.25, -0.2) is 17.5 Å². The third-order valence-electron chi connectivity index (χ3n) is 2.77. The van der Waals surface area contributed by atoms with E-state index in [1.165, 1.54) is 36.4 Å². The van der Waals surface area contributed by atoms with Crippen LogP contribution in [0.5, 0.6) is 0 Å². The standard InChI is InChI=1S/C14H12FN3O2S/c15-12-3-1-2-10(6-12)9-18-21(19,20)14-5-4-13(17)7-11(14)8-16/h1-7,18H,9,17H2. The molecule has 108 valence electrons. The second kappa shape index (κ2) is 5.91. The molecule has 2 aromatic carbocycles. The Morgan fingerprint density at radius 2 is 2.00 bits per heavy atom. The van der Waals surface area contributed by atoms with E-state index in [1.807, 2.05) is 0 Å². The number of nitriles is 1. The van der Waals surface area contributed by atoms with E-state index in [1.54, 1.807) is 12.1 Å². The molecule has 0 spiro atoms. The maximum atomic E-state index is 13.0. The van der Waals surface area contributed by atoms with Crippen LogP contribution in [0.15, 0.2) is 47.4 Å². The summed E-state index contributed by atoms with van der Waals surface area (Å²) in [4.78, 5) is -0.157. The van der Waals surface area contributed by atoms with Crippen molar-refractivity contribution in [3.05, 3.63) is 59.4 Å². The highest BCUT2D eigenvalue weighted by molar-refractivity contribution is 7.89. The van der Waals surface area contributed by atoms with E-state index in [0.717, 1.165) is 0 Å². The molecule has 0 saturated carbocycles. The number of nitrogens with two attached hydrogens (primary N) is 1. The van der Waals surface area contributed by atoms with E-state index in [9.17, 15) is 12.8 Å². The zero-order valence-electron chi connectivity index (χ0n) is 10.9. The number of benzene rings is 2. The van der Waals surface area contributed by atoms with Crippen LogP contribution in [-0.4, -0.2) is 8.42 Å². The van der Waals surface area contributed by atoms with Crippen LogP contribution in [-0.2, 0) is 16.6 Å². The minimum Gasteiger partial charge on any atom is -0.399 e. The highest BCUT2D eigenvalue weighted by Crippen LogP contribution is 2.18. The van der Waals surface area contributed by atoms with Crippen molar-refractivity contribution >= 4 is 15.7 Å². The van der Waals surface area contributed by atoms with Crippen molar-refractivity contribution in [2.45, 2.75) is 11.4 Å². The molecule has 0 heterocycles. The second-order valence-corrected chi connectivity index (χ2v) is 6.06. The van der Waals surface area contributed by atoms with Crippen LogP contribution in [0.3, 0.4) is 0 Å². The largest absolute Gasteiger partial charge is 0.399 e. The molecule has 0 amide bonds. The van der Waals surface area contributed by atoms with E-state index < -0.39 is 15.8 Å². The van der Waals surface area contributed by atoms with Gasteiger partial charge in [0.2, 0.25) is 10.0 Å². The normalized spacial score (nSPS) is 11.0. The summed E-state index contributed by atoms with van der Waals surface area (Å²) in [5.74, 6) is -0.447. The van der Waals surface area contributed by atoms with Crippen molar-refractivity contribution in [2.24, 2.45) is 0 Å². The van der Waals surface area contributed by atoms with Gasteiger partial charge in [0.15, 0.2) is 0 Å². The maximum Gasteiger partial charge on any atom is 0.242 e. The number of sulfonamides is 1. The van der Waals surface area contributed by atoms with Gasteiger partial charge < -0.3 is 5.73 Å². The van der Waals surface area contributed by atoms with Gasteiger partial charge in [-0.1, -0.05) is 12.1 Å². The Kier molecular flexibility index (Phi) is 4.21. The number of nitrogen functional groups attached to an aromatic ring is 1. The summed E-state index contributed by atoms with van der Waals surface area (Å²) in [6, 6.07) is 11.3. The van der Waals surface area contributed by atoms with Crippen molar-refractivity contribution < 1.29 is 12.8 Å². The van der Waals surface area contributed by atoms with Gasteiger partial charge in [-0.2, -0.15) is 5.26 Å². The number of nitrogens with zero attached hydrogens (tertiary/aromatic N) is 1. The summed E-state index contributed by atoms with van der Waals surface area (Å²) < 4.78 is 39.7. The maximum absolute atomic E-state index is 13.0. The average molecular weight is 305 g/mol. The van der Waals surface area contributed by atoms with Gasteiger partial charge in [-0.05, 0) is 35.9 Å². The molecule has 0 aliphatic rings. The van der Waals surface area contributed by atoms with E-state index in [-0.39, 0.29) is 17.0 Å². The number of halogens is 1. The van der Waals surface area contributed by atoms with Gasteiger partial charge in [0.1, 0.15) is 11.9 Å². The van der Waals surface area contributed by atoms with Crippen LogP contribution < -0.4 is 10.5 Å². The zero-order chi connectivity index (χ0) is 15.5. The monoisotopic (exact) mass is 305 g/mol. The molecule has 0 unspecified atom stereocenters. The molecule has 2 rings (SSSR count). The highest BCUT2D eigenvalue weighted by atomic mass is 32.2.